The molecule has 1 N–H and O–H groups in total. The fourth-order valence-electron chi connectivity index (χ4n) is 0.813. The number of hydrogen-bond donors (Lipinski definition) is 1. The van der Waals surface area contributed by atoms with Crippen LogP contribution in [-0.2, 0) is 0 Å². The third kappa shape index (κ3) is 2.51. The first-order valence-electron chi connectivity index (χ1n) is 3.32. The van der Waals surface area contributed by atoms with Crippen LogP contribution in [-0.4, -0.2) is 17.3 Å². The minimum absolute atomic E-state index is 0.0816. The summed E-state index contributed by atoms with van der Waals surface area (Å²) >= 11 is 0. The van der Waals surface area contributed by atoms with E-state index in [2.05, 4.69) is 4.84 Å². The van der Waals surface area contributed by atoms with E-state index >= 15 is 0 Å². The van der Waals surface area contributed by atoms with E-state index in [9.17, 15) is 10.1 Å². The van der Waals surface area contributed by atoms with Gasteiger partial charge in [0.2, 0.25) is 0 Å². The summed E-state index contributed by atoms with van der Waals surface area (Å²) in [6.07, 6.45) is 0. The molecule has 1 aromatic carbocycles. The van der Waals surface area contributed by atoms with E-state index in [0.29, 0.717) is 0 Å². The number of ether oxygens (including phenoxy) is 1. The minimum Gasteiger partial charge on any atom is -0.508 e. The molecule has 0 saturated carbocycles. The van der Waals surface area contributed by atoms with Crippen molar-refractivity contribution in [1.82, 2.24) is 0 Å². The Morgan fingerprint density at radius 1 is 1.38 bits per heavy atom. The van der Waals surface area contributed by atoms with Crippen molar-refractivity contribution in [1.29, 1.82) is 0 Å². The van der Waals surface area contributed by atoms with Gasteiger partial charge in [0.05, 0.1) is 7.11 Å². The van der Waals surface area contributed by atoms with Crippen molar-refractivity contribution in [2.24, 2.45) is 0 Å². The second-order valence-electron chi connectivity index (χ2n) is 2.18. The third-order valence-corrected chi connectivity index (χ3v) is 1.28. The van der Waals surface area contributed by atoms with E-state index in [1.54, 1.807) is 0 Å². The molecule has 6 nitrogen and oxygen atoms in total. The van der Waals surface area contributed by atoms with E-state index < -0.39 is 5.09 Å². The molecule has 13 heavy (non-hydrogen) atoms. The molecular formula is C7H7NO5. The maximum Gasteiger partial charge on any atom is 0.299 e. The van der Waals surface area contributed by atoms with Gasteiger partial charge >= 0.3 is 0 Å². The Morgan fingerprint density at radius 2 is 2.00 bits per heavy atom. The first-order valence-corrected chi connectivity index (χ1v) is 3.32. The number of rotatable bonds is 3. The van der Waals surface area contributed by atoms with Gasteiger partial charge in [0.1, 0.15) is 17.2 Å². The van der Waals surface area contributed by atoms with Gasteiger partial charge < -0.3 is 9.84 Å². The molecule has 0 atom stereocenters. The molecule has 6 heteroatoms. The fraction of sp³-hybridized carbons (Fsp3) is 0.143. The molecule has 0 aliphatic heterocycles. The second kappa shape index (κ2) is 3.61. The summed E-state index contributed by atoms with van der Waals surface area (Å²) in [6.45, 7) is 0. The second-order valence-corrected chi connectivity index (χ2v) is 2.18. The average molecular weight is 185 g/mol. The van der Waals surface area contributed by atoms with E-state index in [4.69, 9.17) is 9.84 Å². The smallest absolute Gasteiger partial charge is 0.299 e. The van der Waals surface area contributed by atoms with Crippen molar-refractivity contribution in [3.63, 3.8) is 0 Å². The summed E-state index contributed by atoms with van der Waals surface area (Å²) in [5, 5.41) is 18.0. The Kier molecular flexibility index (Phi) is 2.53. The molecule has 0 aliphatic rings. The van der Waals surface area contributed by atoms with E-state index in [1.165, 1.54) is 19.2 Å². The highest BCUT2D eigenvalue weighted by molar-refractivity contribution is 5.40. The van der Waals surface area contributed by atoms with E-state index in [0.717, 1.165) is 6.07 Å². The van der Waals surface area contributed by atoms with Gasteiger partial charge in [-0.2, -0.15) is 0 Å². The monoisotopic (exact) mass is 185 g/mol. The zero-order valence-electron chi connectivity index (χ0n) is 6.76. The van der Waals surface area contributed by atoms with Crippen LogP contribution in [0.1, 0.15) is 0 Å². The number of phenols is 1. The molecule has 0 spiro atoms. The standard InChI is InChI=1S/C7H7NO5/c1-12-6-2-5(9)3-7(4-6)13-8(10)11/h2-4,9H,1H3. The summed E-state index contributed by atoms with van der Waals surface area (Å²) in [7, 11) is 1.38. The van der Waals surface area contributed by atoms with Crippen molar-refractivity contribution < 1.29 is 19.8 Å². The molecule has 0 aliphatic carbocycles. The highest BCUT2D eigenvalue weighted by Gasteiger charge is 2.03. The summed E-state index contributed by atoms with van der Waals surface area (Å²) in [5.74, 6) is 0.0508. The Balaban J connectivity index is 2.94. The van der Waals surface area contributed by atoms with Crippen LogP contribution >= 0.6 is 0 Å². The van der Waals surface area contributed by atoms with Crippen molar-refractivity contribution >= 4 is 0 Å². The van der Waals surface area contributed by atoms with E-state index in [1.807, 2.05) is 0 Å². The average Bonchev–Trinajstić information content (AvgIpc) is 2.01. The Hall–Kier alpha value is -1.98. The maximum atomic E-state index is 9.94. The predicted molar refractivity (Wildman–Crippen MR) is 42.3 cm³/mol. The van der Waals surface area contributed by atoms with Crippen LogP contribution in [0.3, 0.4) is 0 Å². The van der Waals surface area contributed by atoms with Gasteiger partial charge in [0.15, 0.2) is 0 Å². The Bertz CT molecular complexity index is 325. The van der Waals surface area contributed by atoms with Crippen molar-refractivity contribution in [3.05, 3.63) is 28.3 Å². The number of benzene rings is 1. The minimum atomic E-state index is -0.964. The summed E-state index contributed by atoms with van der Waals surface area (Å²) in [5.41, 5.74) is 0. The van der Waals surface area contributed by atoms with Crippen LogP contribution in [0.5, 0.6) is 17.2 Å². The Labute approximate surface area is 73.4 Å². The highest BCUT2D eigenvalue weighted by atomic mass is 17.0. The van der Waals surface area contributed by atoms with Crippen LogP contribution in [0.25, 0.3) is 0 Å². The molecular weight excluding hydrogens is 178 g/mol. The number of hydrogen-bond acceptors (Lipinski definition) is 5. The molecule has 0 heterocycles. The lowest BCUT2D eigenvalue weighted by Crippen LogP contribution is -2.03. The molecule has 0 amide bonds. The first kappa shape index (κ1) is 9.11. The van der Waals surface area contributed by atoms with Gasteiger partial charge in [-0.3, -0.25) is 4.84 Å². The molecule has 0 saturated heterocycles. The third-order valence-electron chi connectivity index (χ3n) is 1.28. The van der Waals surface area contributed by atoms with Gasteiger partial charge in [-0.15, -0.1) is 10.1 Å². The van der Waals surface area contributed by atoms with Gasteiger partial charge in [-0.05, 0) is 0 Å². The number of phenolic OH excluding ortho intramolecular Hbond substituents is 1. The normalized spacial score (nSPS) is 9.31. The van der Waals surface area contributed by atoms with E-state index in [-0.39, 0.29) is 17.2 Å². The molecule has 1 aromatic rings. The van der Waals surface area contributed by atoms with Crippen molar-refractivity contribution in [2.45, 2.75) is 0 Å². The van der Waals surface area contributed by atoms with Gasteiger partial charge in [0.25, 0.3) is 5.09 Å². The quantitative estimate of drug-likeness (QED) is 0.560. The molecule has 0 unspecified atom stereocenters. The van der Waals surface area contributed by atoms with Crippen LogP contribution < -0.4 is 9.57 Å². The summed E-state index contributed by atoms with van der Waals surface area (Å²) in [4.78, 5) is 14.1. The number of nitrogens with zero attached hydrogens (tertiary/aromatic N) is 1. The van der Waals surface area contributed by atoms with Gasteiger partial charge in [-0.1, -0.05) is 0 Å². The number of methoxy groups -OCH3 is 1. The summed E-state index contributed by atoms with van der Waals surface area (Å²) < 4.78 is 4.75. The van der Waals surface area contributed by atoms with Crippen LogP contribution in [0.15, 0.2) is 18.2 Å². The predicted octanol–water partition coefficient (Wildman–Crippen LogP) is 0.971. The SMILES string of the molecule is COc1cc(O)cc(O[N+](=O)[O-])c1. The topological polar surface area (TPSA) is 81.8 Å². The van der Waals surface area contributed by atoms with Gasteiger partial charge in [0, 0.05) is 18.2 Å². The lowest BCUT2D eigenvalue weighted by Gasteiger charge is -2.03. The van der Waals surface area contributed by atoms with Crippen LogP contribution in [0.2, 0.25) is 0 Å². The molecule has 1 rings (SSSR count). The first-order chi connectivity index (χ1) is 6.11. The molecule has 70 valence electrons. The van der Waals surface area contributed by atoms with Crippen LogP contribution in [0.4, 0.5) is 0 Å². The van der Waals surface area contributed by atoms with Crippen molar-refractivity contribution in [2.75, 3.05) is 7.11 Å². The van der Waals surface area contributed by atoms with Crippen LogP contribution in [0, 0.1) is 10.1 Å². The Morgan fingerprint density at radius 3 is 2.54 bits per heavy atom. The lowest BCUT2D eigenvalue weighted by molar-refractivity contribution is -0.711. The lowest BCUT2D eigenvalue weighted by atomic mass is 10.3. The zero-order valence-corrected chi connectivity index (χ0v) is 6.76. The molecule has 0 radical (unpaired) electrons. The summed E-state index contributed by atoms with van der Waals surface area (Å²) in [6, 6.07) is 3.72. The zero-order chi connectivity index (χ0) is 9.84. The number of aromatic hydroxyl groups is 1. The van der Waals surface area contributed by atoms with Crippen molar-refractivity contribution in [3.8, 4) is 17.2 Å². The fourth-order valence-corrected chi connectivity index (χ4v) is 0.813. The van der Waals surface area contributed by atoms with Gasteiger partial charge in [-0.25, -0.2) is 0 Å². The largest absolute Gasteiger partial charge is 0.508 e. The molecule has 0 bridgehead atoms. The highest BCUT2D eigenvalue weighted by Crippen LogP contribution is 2.26. The maximum absolute atomic E-state index is 9.94. The molecule has 0 fully saturated rings. The molecule has 0 aromatic heterocycles.